The minimum absolute atomic E-state index is 0.0217. The molecule has 4 N–H and O–H groups in total. The van der Waals surface area contributed by atoms with Crippen molar-refractivity contribution >= 4 is 5.84 Å². The van der Waals surface area contributed by atoms with Crippen LogP contribution in [0, 0.1) is 5.41 Å². The van der Waals surface area contributed by atoms with Crippen molar-refractivity contribution in [3.63, 3.8) is 0 Å². The van der Waals surface area contributed by atoms with Crippen molar-refractivity contribution in [2.24, 2.45) is 5.73 Å². The Morgan fingerprint density at radius 3 is 2.93 bits per heavy atom. The van der Waals surface area contributed by atoms with Gasteiger partial charge in [0.25, 0.3) is 0 Å². The number of morpholine rings is 1. The second kappa shape index (κ2) is 4.72. The average Bonchev–Trinajstić information content (AvgIpc) is 2.17. The van der Waals surface area contributed by atoms with Gasteiger partial charge in [0.2, 0.25) is 0 Å². The monoisotopic (exact) mass is 201 g/mol. The van der Waals surface area contributed by atoms with Crippen molar-refractivity contribution in [1.29, 1.82) is 5.41 Å². The van der Waals surface area contributed by atoms with Crippen LogP contribution >= 0.6 is 0 Å². The van der Waals surface area contributed by atoms with Gasteiger partial charge in [0, 0.05) is 12.6 Å². The molecule has 1 heterocycles. The zero-order chi connectivity index (χ0) is 10.7. The molecule has 0 bridgehead atoms. The number of aliphatic hydroxyl groups is 1. The lowest BCUT2D eigenvalue weighted by Crippen LogP contribution is -2.56. The predicted molar refractivity (Wildman–Crippen MR) is 54.4 cm³/mol. The van der Waals surface area contributed by atoms with Crippen molar-refractivity contribution in [2.45, 2.75) is 32.0 Å². The molecule has 3 atom stereocenters. The number of nitrogens with one attached hydrogen (secondary N) is 1. The molecule has 0 amide bonds. The molecule has 0 aliphatic carbocycles. The number of amidine groups is 1. The Morgan fingerprint density at radius 1 is 1.79 bits per heavy atom. The van der Waals surface area contributed by atoms with Gasteiger partial charge in [0.15, 0.2) is 0 Å². The Morgan fingerprint density at radius 2 is 2.43 bits per heavy atom. The molecule has 3 unspecified atom stereocenters. The molecule has 0 radical (unpaired) electrons. The largest absolute Gasteiger partial charge is 0.394 e. The third kappa shape index (κ3) is 2.43. The summed E-state index contributed by atoms with van der Waals surface area (Å²) in [7, 11) is 0. The maximum Gasteiger partial charge on any atom is 0.108 e. The summed E-state index contributed by atoms with van der Waals surface area (Å²) in [4.78, 5) is 2.09. The fourth-order valence-corrected chi connectivity index (χ4v) is 1.67. The molecule has 0 aromatic carbocycles. The Hall–Kier alpha value is -0.650. The summed E-state index contributed by atoms with van der Waals surface area (Å²) in [6.07, 6.45) is -0.145. The second-order valence-electron chi connectivity index (χ2n) is 3.82. The van der Waals surface area contributed by atoms with E-state index in [0.29, 0.717) is 13.2 Å². The highest BCUT2D eigenvalue weighted by atomic mass is 16.5. The molecule has 14 heavy (non-hydrogen) atoms. The van der Waals surface area contributed by atoms with Crippen molar-refractivity contribution in [1.82, 2.24) is 4.90 Å². The van der Waals surface area contributed by atoms with Gasteiger partial charge in [-0.1, -0.05) is 0 Å². The number of aliphatic hydroxyl groups excluding tert-OH is 1. The quantitative estimate of drug-likeness (QED) is 0.420. The number of rotatable bonds is 3. The van der Waals surface area contributed by atoms with E-state index in [-0.39, 0.29) is 30.6 Å². The summed E-state index contributed by atoms with van der Waals surface area (Å²) in [6.45, 7) is 5.18. The van der Waals surface area contributed by atoms with E-state index in [1.807, 2.05) is 13.8 Å². The van der Waals surface area contributed by atoms with E-state index in [1.54, 1.807) is 0 Å². The first kappa shape index (κ1) is 11.4. The minimum atomic E-state index is -0.145. The lowest BCUT2D eigenvalue weighted by atomic mass is 10.1. The zero-order valence-electron chi connectivity index (χ0n) is 8.73. The van der Waals surface area contributed by atoms with Crippen LogP contribution < -0.4 is 5.73 Å². The normalized spacial score (nSPS) is 31.4. The molecular formula is C9H19N3O2. The number of nitrogens with zero attached hydrogens (tertiary/aromatic N) is 1. The summed E-state index contributed by atoms with van der Waals surface area (Å²) in [5, 5.41) is 16.4. The zero-order valence-corrected chi connectivity index (χ0v) is 8.73. The van der Waals surface area contributed by atoms with Gasteiger partial charge in [0.05, 0.1) is 25.4 Å². The minimum Gasteiger partial charge on any atom is -0.394 e. The van der Waals surface area contributed by atoms with E-state index in [2.05, 4.69) is 4.90 Å². The Balaban J connectivity index is 2.60. The molecule has 5 nitrogen and oxygen atoms in total. The Kier molecular flexibility index (Phi) is 3.86. The summed E-state index contributed by atoms with van der Waals surface area (Å²) in [5.41, 5.74) is 5.45. The molecule has 1 fully saturated rings. The molecule has 82 valence electrons. The van der Waals surface area contributed by atoms with Gasteiger partial charge in [-0.3, -0.25) is 10.3 Å². The SMILES string of the molecule is CC1COC(CO)CN1C(C)C(=N)N. The van der Waals surface area contributed by atoms with Crippen molar-refractivity contribution in [3.8, 4) is 0 Å². The van der Waals surface area contributed by atoms with Gasteiger partial charge < -0.3 is 15.6 Å². The van der Waals surface area contributed by atoms with Gasteiger partial charge in [-0.15, -0.1) is 0 Å². The first-order valence-electron chi connectivity index (χ1n) is 4.88. The van der Waals surface area contributed by atoms with Gasteiger partial charge >= 0.3 is 0 Å². The molecule has 0 saturated carbocycles. The molecule has 1 aliphatic rings. The maximum absolute atomic E-state index is 8.98. The van der Waals surface area contributed by atoms with Gasteiger partial charge in [-0.25, -0.2) is 0 Å². The van der Waals surface area contributed by atoms with Crippen LogP contribution in [0.25, 0.3) is 0 Å². The highest BCUT2D eigenvalue weighted by Crippen LogP contribution is 2.14. The van der Waals surface area contributed by atoms with Crippen LogP contribution in [0.4, 0.5) is 0 Å². The topological polar surface area (TPSA) is 82.6 Å². The first-order valence-corrected chi connectivity index (χ1v) is 4.88. The van der Waals surface area contributed by atoms with Crippen LogP contribution in [0.15, 0.2) is 0 Å². The van der Waals surface area contributed by atoms with E-state index in [0.717, 1.165) is 0 Å². The van der Waals surface area contributed by atoms with Crippen LogP contribution in [-0.4, -0.2) is 53.8 Å². The van der Waals surface area contributed by atoms with E-state index in [4.69, 9.17) is 21.0 Å². The summed E-state index contributed by atoms with van der Waals surface area (Å²) in [6, 6.07) is 0.166. The molecule has 5 heteroatoms. The van der Waals surface area contributed by atoms with E-state index in [9.17, 15) is 0 Å². The summed E-state index contributed by atoms with van der Waals surface area (Å²) in [5.74, 6) is 0.162. The molecule has 1 saturated heterocycles. The number of nitrogens with two attached hydrogens (primary N) is 1. The first-order chi connectivity index (χ1) is 6.56. The second-order valence-corrected chi connectivity index (χ2v) is 3.82. The predicted octanol–water partition coefficient (Wildman–Crippen LogP) is -0.608. The van der Waals surface area contributed by atoms with E-state index in [1.165, 1.54) is 0 Å². The van der Waals surface area contributed by atoms with Gasteiger partial charge in [-0.2, -0.15) is 0 Å². The van der Waals surface area contributed by atoms with Gasteiger partial charge in [-0.05, 0) is 13.8 Å². The van der Waals surface area contributed by atoms with Gasteiger partial charge in [0.1, 0.15) is 5.84 Å². The van der Waals surface area contributed by atoms with Crippen LogP contribution in [0.2, 0.25) is 0 Å². The summed E-state index contributed by atoms with van der Waals surface area (Å²) >= 11 is 0. The number of hydrogen-bond donors (Lipinski definition) is 3. The fraction of sp³-hybridized carbons (Fsp3) is 0.889. The molecular weight excluding hydrogens is 182 g/mol. The number of ether oxygens (including phenoxy) is 1. The van der Waals surface area contributed by atoms with E-state index < -0.39 is 0 Å². The van der Waals surface area contributed by atoms with Crippen LogP contribution in [0.3, 0.4) is 0 Å². The van der Waals surface area contributed by atoms with E-state index >= 15 is 0 Å². The lowest BCUT2D eigenvalue weighted by molar-refractivity contribution is -0.0820. The highest BCUT2D eigenvalue weighted by molar-refractivity contribution is 5.82. The Bertz CT molecular complexity index is 210. The molecule has 1 rings (SSSR count). The lowest BCUT2D eigenvalue weighted by Gasteiger charge is -2.40. The van der Waals surface area contributed by atoms with Crippen molar-refractivity contribution in [2.75, 3.05) is 19.8 Å². The maximum atomic E-state index is 8.98. The highest BCUT2D eigenvalue weighted by Gasteiger charge is 2.29. The molecule has 1 aliphatic heterocycles. The number of hydrogen-bond acceptors (Lipinski definition) is 4. The molecule has 0 spiro atoms. The van der Waals surface area contributed by atoms with Crippen LogP contribution in [-0.2, 0) is 4.74 Å². The average molecular weight is 201 g/mol. The third-order valence-electron chi connectivity index (χ3n) is 2.70. The fourth-order valence-electron chi connectivity index (χ4n) is 1.67. The van der Waals surface area contributed by atoms with Crippen molar-refractivity contribution in [3.05, 3.63) is 0 Å². The standard InChI is InChI=1S/C9H19N3O2/c1-6-5-14-8(4-13)3-12(6)7(2)9(10)11/h6-8,13H,3-5H2,1-2H3,(H3,10,11). The summed E-state index contributed by atoms with van der Waals surface area (Å²) < 4.78 is 5.40. The molecule has 0 aromatic heterocycles. The third-order valence-corrected chi connectivity index (χ3v) is 2.70. The smallest absolute Gasteiger partial charge is 0.108 e. The van der Waals surface area contributed by atoms with Crippen LogP contribution in [0.5, 0.6) is 0 Å². The van der Waals surface area contributed by atoms with Crippen molar-refractivity contribution < 1.29 is 9.84 Å². The van der Waals surface area contributed by atoms with Crippen LogP contribution in [0.1, 0.15) is 13.8 Å². The molecule has 0 aromatic rings. The Labute approximate surface area is 84.3 Å².